The third-order valence-corrected chi connectivity index (χ3v) is 22.9. The zero-order valence-electron chi connectivity index (χ0n) is 69.8. The zero-order chi connectivity index (χ0) is 90.5. The first-order valence-electron chi connectivity index (χ1n) is 37.9. The average Bonchev–Trinajstić information content (AvgIpc) is 1.59. The Balaban J connectivity index is 0.000000250. The number of hydrogen-bond donors (Lipinski definition) is 6. The highest BCUT2D eigenvalue weighted by Crippen LogP contribution is 2.55. The van der Waals surface area contributed by atoms with Crippen molar-refractivity contribution in [1.29, 1.82) is 0 Å². The van der Waals surface area contributed by atoms with E-state index >= 15 is 0 Å². The molecule has 624 valence electrons. The van der Waals surface area contributed by atoms with Crippen molar-refractivity contribution in [2.75, 3.05) is 55.4 Å². The molecule has 3 aliphatic heterocycles. The van der Waals surface area contributed by atoms with Crippen LogP contribution >= 0.6 is 57.6 Å². The Morgan fingerprint density at radius 2 is 0.870 bits per heavy atom. The lowest BCUT2D eigenvalue weighted by atomic mass is 9.99. The molecule has 6 heterocycles. The highest BCUT2D eigenvalue weighted by atomic mass is 35.5. The summed E-state index contributed by atoms with van der Waals surface area (Å²) in [5.41, 5.74) is 13.2. The van der Waals surface area contributed by atoms with Gasteiger partial charge in [-0.2, -0.15) is 24.7 Å². The largest absolute Gasteiger partial charge is 0.463 e. The maximum atomic E-state index is 14.2. The summed E-state index contributed by atoms with van der Waals surface area (Å²) in [4.78, 5) is 82.6. The molecule has 9 rings (SSSR count). The molecule has 115 heavy (non-hydrogen) atoms. The van der Waals surface area contributed by atoms with Gasteiger partial charge in [0.1, 0.15) is 66.0 Å². The molecule has 3 saturated heterocycles. The van der Waals surface area contributed by atoms with Gasteiger partial charge in [0.05, 0.1) is 94.8 Å². The molecule has 3 aliphatic rings. The molecule has 0 saturated carbocycles. The van der Waals surface area contributed by atoms with Crippen molar-refractivity contribution in [2.24, 2.45) is 17.8 Å². The molecule has 0 bridgehead atoms. The number of hydrogen-bond acceptors (Lipinski definition) is 32. The number of ether oxygens (including phenoxy) is 6. The maximum absolute atomic E-state index is 14.2. The average molecular weight is 1730 g/mol. The number of nitrogens with zero attached hydrogens (tertiary/aromatic N) is 8. The van der Waals surface area contributed by atoms with Crippen molar-refractivity contribution in [3.63, 3.8) is 0 Å². The number of benzene rings is 3. The van der Waals surface area contributed by atoms with Gasteiger partial charge in [0.25, 0.3) is 0 Å². The molecule has 0 aliphatic carbocycles. The Morgan fingerprint density at radius 1 is 0.539 bits per heavy atom. The monoisotopic (exact) mass is 1730 g/mol. The third-order valence-electron chi connectivity index (χ3n) is 15.8. The molecule has 9 N–H and O–H groups in total. The third kappa shape index (κ3) is 24.6. The minimum absolute atomic E-state index is 0.0420. The molecular weight excluding hydrogens is 1630 g/mol. The van der Waals surface area contributed by atoms with Gasteiger partial charge in [-0.1, -0.05) is 128 Å². The normalized spacial score (nSPS) is 26.2. The second kappa shape index (κ2) is 40.8. The molecule has 0 amide bonds. The second-order valence-corrected chi connectivity index (χ2v) is 34.1. The van der Waals surface area contributed by atoms with Crippen LogP contribution < -0.4 is 47.8 Å². The van der Waals surface area contributed by atoms with E-state index in [1.807, 2.05) is 0 Å². The number of esters is 3. The predicted molar refractivity (Wildman–Crippen MR) is 418 cm³/mol. The fraction of sp³-hybridized carbons (Fsp3) is 0.493. The fourth-order valence-corrected chi connectivity index (χ4v) is 16.8. The van der Waals surface area contributed by atoms with Gasteiger partial charge in [-0.15, -0.1) is 17.8 Å². The van der Waals surface area contributed by atoms with Crippen LogP contribution in [0.2, 0.25) is 0 Å². The van der Waals surface area contributed by atoms with Crippen LogP contribution in [-0.2, 0) is 70.1 Å². The van der Waals surface area contributed by atoms with Crippen LogP contribution in [0.5, 0.6) is 17.2 Å². The molecule has 0 radical (unpaired) electrons. The molecule has 3 unspecified atom stereocenters. The van der Waals surface area contributed by atoms with E-state index in [0.29, 0.717) is 15.4 Å². The molecular formula is C73H90Cl3FN11O24P3. The van der Waals surface area contributed by atoms with Crippen LogP contribution in [0.1, 0.15) is 110 Å². The fourth-order valence-electron chi connectivity index (χ4n) is 10.6. The van der Waals surface area contributed by atoms with E-state index in [-0.39, 0.29) is 29.0 Å². The Bertz CT molecular complexity index is 5010. The van der Waals surface area contributed by atoms with Crippen LogP contribution in [0.4, 0.5) is 22.0 Å². The van der Waals surface area contributed by atoms with Gasteiger partial charge in [0.15, 0.2) is 44.9 Å². The topological polar surface area (TPSA) is 482 Å². The maximum Gasteiger partial charge on any atom is 0.380 e. The van der Waals surface area contributed by atoms with Crippen LogP contribution in [0.15, 0.2) is 124 Å². The number of alkyl halides is 3. The molecule has 3 aromatic heterocycles. The minimum Gasteiger partial charge on any atom is -0.463 e. The molecule has 35 nitrogen and oxygen atoms in total. The van der Waals surface area contributed by atoms with Gasteiger partial charge in [-0.05, 0) is 98.7 Å². The van der Waals surface area contributed by atoms with Gasteiger partial charge in [0.2, 0.25) is 5.95 Å². The molecule has 42 heteroatoms. The Hall–Kier alpha value is -8.82. The zero-order valence-corrected chi connectivity index (χ0v) is 68.7. The van der Waals surface area contributed by atoms with E-state index in [1.54, 1.807) is 96.1 Å². The summed E-state index contributed by atoms with van der Waals surface area (Å²) >= 11 is 19.8. The lowest BCUT2D eigenvalue weighted by Gasteiger charge is -2.26. The summed E-state index contributed by atoms with van der Waals surface area (Å²) in [7, 11) is -13.6. The predicted octanol–water partition coefficient (Wildman–Crippen LogP) is 7.81. The number of halogens is 4. The van der Waals surface area contributed by atoms with E-state index in [1.165, 1.54) is 77.9 Å². The van der Waals surface area contributed by atoms with Gasteiger partial charge in [-0.3, -0.25) is 37.1 Å². The van der Waals surface area contributed by atoms with Crippen molar-refractivity contribution in [2.45, 2.75) is 171 Å². The summed E-state index contributed by atoms with van der Waals surface area (Å²) in [5.74, 6) is 7.63. The van der Waals surface area contributed by atoms with Crippen molar-refractivity contribution >= 4 is 93.1 Å². The first kappa shape index (κ1) is 84.1. The SMILES string of the molecule is [2H]C([2H])(O[P@@](=O)(C[C@@H](C)C(=O)OC(C)C)Oc1ccccc1)[C@H]1O[C@@H](n2cc(F)c(N)nc2=O)C(Cl)(C#CC)[C@H]1O.[2H]C([2H])(O[P@@](=O)(C[C@@H](C)C(=O)OC(C)C)Oc1ccccc1)[C@H]1O[C@@H](n2cnc(N)nc2=O)C(Cl)(C#CC)[C@H]1O.[2H]C([2H])(O[P@@](=O)(C[C@@H](C)C(=O)OC(C)C)Oc1ccccc1)[C@H]1O[C@@H](n2ncc(N)nc2=O)C(Cl)(C#CC)[C@H]1O. The standard InChI is InChI=1S/C25H30ClFN3O8P.2C24H30ClN4O8P/c1-5-11-25(26)20(31)19(37-23(25)30-12-18(27)21(28)29-24(30)33)13-35-39(34,38-17-9-7-6-8-10-17)14-16(4)22(32)36-15(2)3;1-5-11-24(25)20(30)18(36-22(24)29-23(32)28-19(26)12-27-29)13-34-38(33,37-17-9-7-6-8-10-17)14-16(4)21(31)35-15(2)3;1-5-11-24(25)19(30)18(36-21(24)29-14-27-22(26)28-23(29)32)12-34-38(33,37-17-9-7-6-8-10-17)13-16(4)20(31)35-15(2)3/h6-10,12,15-16,19-20,23,31H,13-14H2,1-4H3,(H2,28,29,33);6-10,12,15-16,18,20,22,30H,13-14H2,1-4H3,(H2,26,28,32);6-10,14-16,18-19,21,30H,12-13H2,1-4H3,(H2,26,28,32)/t16-,19-,20+,23-,25?,39+;16-,18-,20+,22-,24?,38+;16-,18-,19+,21-,24?,38+/m111/s1/i2*13D2;12D2. The Kier molecular flexibility index (Phi) is 29.9. The van der Waals surface area contributed by atoms with Crippen molar-refractivity contribution in [3.05, 3.63) is 147 Å². The number of rotatable bonds is 30. The smallest absolute Gasteiger partial charge is 0.380 e. The highest BCUT2D eigenvalue weighted by Gasteiger charge is 2.60. The number of carbonyl (C=O) groups is 3. The summed E-state index contributed by atoms with van der Waals surface area (Å²) in [6.45, 7) is 8.98. The number of nitrogen functional groups attached to an aromatic ring is 3. The summed E-state index contributed by atoms with van der Waals surface area (Å²) in [6.07, 6.45) is -17.5. The number of aliphatic hydroxyl groups is 3. The van der Waals surface area contributed by atoms with Crippen LogP contribution in [0.25, 0.3) is 0 Å². The number of para-hydroxylation sites is 3. The summed E-state index contributed by atoms with van der Waals surface area (Å²) in [5, 5.41) is 37.3. The van der Waals surface area contributed by atoms with E-state index in [4.69, 9.17) is 116 Å². The number of aromatic nitrogens is 8. The van der Waals surface area contributed by atoms with Crippen LogP contribution in [0.3, 0.4) is 0 Å². The second-order valence-electron chi connectivity index (χ2n) is 26.3. The van der Waals surface area contributed by atoms with Gasteiger partial charge < -0.3 is 74.5 Å². The van der Waals surface area contributed by atoms with Crippen molar-refractivity contribution in [3.8, 4) is 52.8 Å². The number of carbonyl (C=O) groups excluding carboxylic acids is 3. The molecule has 3 aromatic carbocycles. The van der Waals surface area contributed by atoms with Gasteiger partial charge >= 0.3 is 57.8 Å². The quantitative estimate of drug-likeness (QED) is 0.00822. The van der Waals surface area contributed by atoms with Gasteiger partial charge in [0, 0.05) is 0 Å². The van der Waals surface area contributed by atoms with Crippen molar-refractivity contribution < 1.29 is 112 Å². The summed E-state index contributed by atoms with van der Waals surface area (Å²) < 4.78 is 176. The van der Waals surface area contributed by atoms with Crippen LogP contribution in [0, 0.1) is 59.1 Å². The molecule has 0 spiro atoms. The van der Waals surface area contributed by atoms with Crippen LogP contribution in [-0.4, -0.2) is 180 Å². The van der Waals surface area contributed by atoms with E-state index in [2.05, 4.69) is 60.6 Å². The highest BCUT2D eigenvalue weighted by molar-refractivity contribution is 7.55. The van der Waals surface area contributed by atoms with Gasteiger partial charge in [-0.25, -0.2) is 37.5 Å². The molecule has 6 aromatic rings. The first-order valence-corrected chi connectivity index (χ1v) is 41.2. The molecule has 3 fully saturated rings. The van der Waals surface area contributed by atoms with E-state index < -0.39 is 214 Å². The van der Waals surface area contributed by atoms with E-state index in [0.717, 1.165) is 17.1 Å². The minimum atomic E-state index is -4.57. The number of anilines is 3. The number of aliphatic hydroxyl groups excluding tert-OH is 3. The Morgan fingerprint density at radius 3 is 1.20 bits per heavy atom. The molecule has 18 atom stereocenters. The lowest BCUT2D eigenvalue weighted by Crippen LogP contribution is -2.44. The summed E-state index contributed by atoms with van der Waals surface area (Å²) in [6, 6.07) is 23.3. The first-order chi connectivity index (χ1) is 56.3. The number of nitrogens with two attached hydrogens (primary N) is 3. The Labute approximate surface area is 684 Å². The lowest BCUT2D eigenvalue weighted by molar-refractivity contribution is -0.152. The van der Waals surface area contributed by atoms with E-state index in [9.17, 15) is 62.2 Å². The van der Waals surface area contributed by atoms with Crippen molar-refractivity contribution in [1.82, 2.24) is 38.9 Å².